The Bertz CT molecular complexity index is 500. The smallest absolute Gasteiger partial charge is 0.194 e. The van der Waals surface area contributed by atoms with E-state index in [9.17, 15) is 0 Å². The monoisotopic (exact) mass is 436 g/mol. The topological polar surface area (TPSA) is 67.6 Å². The van der Waals surface area contributed by atoms with E-state index in [2.05, 4.69) is 32.3 Å². The molecule has 1 aliphatic rings. The van der Waals surface area contributed by atoms with Crippen molar-refractivity contribution < 1.29 is 4.74 Å². The first kappa shape index (κ1) is 20.1. The van der Waals surface area contributed by atoms with Gasteiger partial charge in [0.2, 0.25) is 0 Å². The van der Waals surface area contributed by atoms with Crippen molar-refractivity contribution in [2.75, 3.05) is 33.4 Å². The predicted octanol–water partition coefficient (Wildman–Crippen LogP) is 1.57. The highest BCUT2D eigenvalue weighted by atomic mass is 127. The molecule has 1 saturated carbocycles. The van der Waals surface area contributed by atoms with Gasteiger partial charge in [-0.25, -0.2) is 4.99 Å². The molecule has 0 atom stereocenters. The Kier molecular flexibility index (Phi) is 8.82. The SMILES string of the molecule is CCNC(=NCc1nnc(C)n1C)N(C)CCOCC1CC1.I. The third-order valence-corrected chi connectivity index (χ3v) is 3.87. The van der Waals surface area contributed by atoms with Crippen molar-refractivity contribution in [1.29, 1.82) is 0 Å². The zero-order valence-corrected chi connectivity index (χ0v) is 16.9. The van der Waals surface area contributed by atoms with E-state index < -0.39 is 0 Å². The first-order valence-corrected chi connectivity index (χ1v) is 8.03. The molecule has 1 aromatic rings. The second-order valence-electron chi connectivity index (χ2n) is 5.83. The van der Waals surface area contributed by atoms with Crippen LogP contribution in [0.25, 0.3) is 0 Å². The third kappa shape index (κ3) is 6.62. The van der Waals surface area contributed by atoms with Crippen molar-refractivity contribution in [1.82, 2.24) is 25.0 Å². The molecule has 0 saturated heterocycles. The Labute approximate surface area is 155 Å². The number of hydrogen-bond donors (Lipinski definition) is 1. The summed E-state index contributed by atoms with van der Waals surface area (Å²) in [4.78, 5) is 6.73. The van der Waals surface area contributed by atoms with Crippen LogP contribution in [0.15, 0.2) is 4.99 Å². The fraction of sp³-hybridized carbons (Fsp3) is 0.800. The number of hydrogen-bond acceptors (Lipinski definition) is 4. The molecule has 1 heterocycles. The van der Waals surface area contributed by atoms with Crippen molar-refractivity contribution in [2.45, 2.75) is 33.2 Å². The number of guanidine groups is 1. The van der Waals surface area contributed by atoms with Gasteiger partial charge in [0.25, 0.3) is 0 Å². The lowest BCUT2D eigenvalue weighted by Gasteiger charge is -2.21. The number of aryl methyl sites for hydroxylation is 1. The van der Waals surface area contributed by atoms with Crippen LogP contribution in [0.5, 0.6) is 0 Å². The molecule has 0 amide bonds. The van der Waals surface area contributed by atoms with Crippen LogP contribution in [0.4, 0.5) is 0 Å². The molecule has 2 rings (SSSR count). The van der Waals surface area contributed by atoms with Gasteiger partial charge in [0.05, 0.1) is 6.61 Å². The number of ether oxygens (including phenoxy) is 1. The van der Waals surface area contributed by atoms with E-state index in [-0.39, 0.29) is 24.0 Å². The highest BCUT2D eigenvalue weighted by Gasteiger charge is 2.21. The summed E-state index contributed by atoms with van der Waals surface area (Å²) in [5, 5.41) is 11.5. The maximum atomic E-state index is 5.69. The molecule has 1 aliphatic carbocycles. The van der Waals surface area contributed by atoms with Gasteiger partial charge >= 0.3 is 0 Å². The van der Waals surface area contributed by atoms with Crippen LogP contribution in [0, 0.1) is 12.8 Å². The summed E-state index contributed by atoms with van der Waals surface area (Å²) in [7, 11) is 3.99. The Balaban J connectivity index is 0.00000264. The standard InChI is InChI=1S/C15H28N6O.HI/c1-5-16-15(17-10-14-19-18-12(2)21(14)4)20(3)8-9-22-11-13-6-7-13;/h13H,5-11H2,1-4H3,(H,16,17);1H. The molecule has 8 heteroatoms. The number of aromatic nitrogens is 3. The molecular weight excluding hydrogens is 407 g/mol. The van der Waals surface area contributed by atoms with Gasteiger partial charge in [-0.1, -0.05) is 0 Å². The van der Waals surface area contributed by atoms with Crippen molar-refractivity contribution in [3.05, 3.63) is 11.6 Å². The summed E-state index contributed by atoms with van der Waals surface area (Å²) in [6.07, 6.45) is 2.66. The zero-order valence-electron chi connectivity index (χ0n) is 14.6. The third-order valence-electron chi connectivity index (χ3n) is 3.87. The Hall–Kier alpha value is -0.900. The number of likely N-dealkylation sites (N-methyl/N-ethyl adjacent to an activating group) is 1. The number of rotatable bonds is 8. The van der Waals surface area contributed by atoms with Gasteiger partial charge in [0, 0.05) is 33.8 Å². The van der Waals surface area contributed by atoms with Gasteiger partial charge in [0.15, 0.2) is 11.8 Å². The molecule has 0 aromatic carbocycles. The van der Waals surface area contributed by atoms with Crippen LogP contribution in [-0.4, -0.2) is 59.0 Å². The summed E-state index contributed by atoms with van der Waals surface area (Å²) < 4.78 is 7.65. The molecule has 0 bridgehead atoms. The lowest BCUT2D eigenvalue weighted by molar-refractivity contribution is 0.115. The van der Waals surface area contributed by atoms with E-state index in [1.807, 2.05) is 25.6 Å². The van der Waals surface area contributed by atoms with Crippen LogP contribution in [0.3, 0.4) is 0 Å². The number of aliphatic imine (C=N–C) groups is 1. The second-order valence-corrected chi connectivity index (χ2v) is 5.83. The number of halogens is 1. The molecule has 132 valence electrons. The summed E-state index contributed by atoms with van der Waals surface area (Å²) >= 11 is 0. The van der Waals surface area contributed by atoms with Crippen molar-refractivity contribution in [3.63, 3.8) is 0 Å². The largest absolute Gasteiger partial charge is 0.379 e. The average molecular weight is 436 g/mol. The van der Waals surface area contributed by atoms with E-state index in [0.29, 0.717) is 6.54 Å². The van der Waals surface area contributed by atoms with Crippen LogP contribution in [-0.2, 0) is 18.3 Å². The summed E-state index contributed by atoms with van der Waals surface area (Å²) in [6.45, 7) is 7.84. The Morgan fingerprint density at radius 3 is 2.74 bits per heavy atom. The molecule has 1 aromatic heterocycles. The summed E-state index contributed by atoms with van der Waals surface area (Å²) in [5.41, 5.74) is 0. The molecule has 0 aliphatic heterocycles. The minimum Gasteiger partial charge on any atom is -0.379 e. The summed E-state index contributed by atoms with van der Waals surface area (Å²) in [5.74, 6) is 3.45. The molecule has 0 spiro atoms. The first-order chi connectivity index (χ1) is 10.6. The maximum absolute atomic E-state index is 5.69. The fourth-order valence-electron chi connectivity index (χ4n) is 2.05. The second kappa shape index (κ2) is 10.1. The number of nitrogens with one attached hydrogen (secondary N) is 1. The maximum Gasteiger partial charge on any atom is 0.194 e. The van der Waals surface area contributed by atoms with E-state index in [1.165, 1.54) is 12.8 Å². The van der Waals surface area contributed by atoms with Gasteiger partial charge in [0.1, 0.15) is 12.4 Å². The van der Waals surface area contributed by atoms with Crippen LogP contribution in [0.1, 0.15) is 31.4 Å². The quantitative estimate of drug-likeness (QED) is 0.290. The normalized spacial score (nSPS) is 14.5. The minimum absolute atomic E-state index is 0. The van der Waals surface area contributed by atoms with Gasteiger partial charge < -0.3 is 19.5 Å². The van der Waals surface area contributed by atoms with Crippen LogP contribution < -0.4 is 5.32 Å². The molecule has 23 heavy (non-hydrogen) atoms. The number of nitrogens with zero attached hydrogens (tertiary/aromatic N) is 5. The molecule has 7 nitrogen and oxygen atoms in total. The van der Waals surface area contributed by atoms with Crippen molar-refractivity contribution in [2.24, 2.45) is 18.0 Å². The van der Waals surface area contributed by atoms with Crippen molar-refractivity contribution in [3.8, 4) is 0 Å². The minimum atomic E-state index is 0. The fourth-order valence-corrected chi connectivity index (χ4v) is 2.05. The lowest BCUT2D eigenvalue weighted by Crippen LogP contribution is -2.40. The van der Waals surface area contributed by atoms with E-state index in [0.717, 1.165) is 49.8 Å². The van der Waals surface area contributed by atoms with E-state index in [1.54, 1.807) is 0 Å². The van der Waals surface area contributed by atoms with E-state index in [4.69, 9.17) is 4.74 Å². The molecule has 1 fully saturated rings. The van der Waals surface area contributed by atoms with Crippen molar-refractivity contribution >= 4 is 29.9 Å². The Morgan fingerprint density at radius 2 is 2.17 bits per heavy atom. The molecule has 0 unspecified atom stereocenters. The average Bonchev–Trinajstić information content (AvgIpc) is 3.28. The molecule has 0 radical (unpaired) electrons. The Morgan fingerprint density at radius 1 is 1.43 bits per heavy atom. The zero-order chi connectivity index (χ0) is 15.9. The van der Waals surface area contributed by atoms with Gasteiger partial charge in [-0.2, -0.15) is 0 Å². The van der Waals surface area contributed by atoms with Gasteiger partial charge in [-0.05, 0) is 32.6 Å². The van der Waals surface area contributed by atoms with Crippen LogP contribution in [0.2, 0.25) is 0 Å². The van der Waals surface area contributed by atoms with Crippen LogP contribution >= 0.6 is 24.0 Å². The highest BCUT2D eigenvalue weighted by Crippen LogP contribution is 2.28. The highest BCUT2D eigenvalue weighted by molar-refractivity contribution is 14.0. The summed E-state index contributed by atoms with van der Waals surface area (Å²) in [6, 6.07) is 0. The molecular formula is C15H29IN6O. The van der Waals surface area contributed by atoms with Gasteiger partial charge in [-0.15, -0.1) is 34.2 Å². The lowest BCUT2D eigenvalue weighted by atomic mass is 10.5. The predicted molar refractivity (Wildman–Crippen MR) is 102 cm³/mol. The van der Waals surface area contributed by atoms with Gasteiger partial charge in [-0.3, -0.25) is 0 Å². The first-order valence-electron chi connectivity index (χ1n) is 8.03. The van der Waals surface area contributed by atoms with E-state index >= 15 is 0 Å². The molecule has 1 N–H and O–H groups in total.